The predicted molar refractivity (Wildman–Crippen MR) is 65.5 cm³/mol. The van der Waals surface area contributed by atoms with Crippen LogP contribution in [0.5, 0.6) is 0 Å². The van der Waals surface area contributed by atoms with E-state index in [1.807, 2.05) is 0 Å². The van der Waals surface area contributed by atoms with Crippen LogP contribution in [0.2, 0.25) is 0 Å². The summed E-state index contributed by atoms with van der Waals surface area (Å²) in [6.45, 7) is 2.49. The zero-order chi connectivity index (χ0) is 12.8. The maximum atomic E-state index is 12.7. The minimum Gasteiger partial charge on any atom is -0.378 e. The number of hydrogen-bond acceptors (Lipinski definition) is 3. The van der Waals surface area contributed by atoms with Gasteiger partial charge in [0.2, 0.25) is 5.91 Å². The third-order valence-corrected chi connectivity index (χ3v) is 2.83. The van der Waals surface area contributed by atoms with Crippen molar-refractivity contribution in [3.63, 3.8) is 0 Å². The summed E-state index contributed by atoms with van der Waals surface area (Å²) in [5, 5.41) is 6.03. The third kappa shape index (κ3) is 4.09. The molecule has 1 aromatic rings. The maximum Gasteiger partial charge on any atom is 0.221 e. The largest absolute Gasteiger partial charge is 0.378 e. The molecule has 2 rings (SSSR count). The number of morpholine rings is 1. The van der Waals surface area contributed by atoms with Gasteiger partial charge in [-0.25, -0.2) is 4.39 Å². The molecule has 0 aliphatic carbocycles. The molecular weight excluding hydrogens is 235 g/mol. The summed E-state index contributed by atoms with van der Waals surface area (Å²) in [5.41, 5.74) is 0.887. The van der Waals surface area contributed by atoms with E-state index < -0.39 is 0 Å². The molecular formula is C13H17FN2O2. The van der Waals surface area contributed by atoms with Crippen molar-refractivity contribution in [2.45, 2.75) is 19.0 Å². The van der Waals surface area contributed by atoms with E-state index in [2.05, 4.69) is 10.6 Å². The molecule has 0 saturated carbocycles. The third-order valence-electron chi connectivity index (χ3n) is 2.83. The summed E-state index contributed by atoms with van der Waals surface area (Å²) < 4.78 is 18.0. The quantitative estimate of drug-likeness (QED) is 0.834. The van der Waals surface area contributed by atoms with Gasteiger partial charge in [-0.3, -0.25) is 4.79 Å². The van der Waals surface area contributed by atoms with Crippen molar-refractivity contribution in [1.29, 1.82) is 0 Å². The van der Waals surface area contributed by atoms with E-state index in [9.17, 15) is 9.18 Å². The van der Waals surface area contributed by atoms with Gasteiger partial charge in [-0.05, 0) is 17.7 Å². The van der Waals surface area contributed by atoms with Gasteiger partial charge in [0.05, 0.1) is 13.2 Å². The molecule has 2 N–H and O–H groups in total. The van der Waals surface area contributed by atoms with E-state index in [1.54, 1.807) is 12.1 Å². The number of carbonyl (C=O) groups excluding carboxylic acids is 1. The topological polar surface area (TPSA) is 50.4 Å². The van der Waals surface area contributed by atoms with Crippen LogP contribution in [0.3, 0.4) is 0 Å². The summed E-state index contributed by atoms with van der Waals surface area (Å²) in [6, 6.07) is 6.19. The van der Waals surface area contributed by atoms with Crippen LogP contribution in [0.25, 0.3) is 0 Å². The van der Waals surface area contributed by atoms with Crippen LogP contribution < -0.4 is 10.6 Å². The van der Waals surface area contributed by atoms with E-state index in [-0.39, 0.29) is 17.8 Å². The molecule has 1 aliphatic rings. The summed E-state index contributed by atoms with van der Waals surface area (Å²) in [7, 11) is 0. The van der Waals surface area contributed by atoms with Crippen LogP contribution in [0, 0.1) is 5.82 Å². The highest BCUT2D eigenvalue weighted by molar-refractivity contribution is 5.76. The fourth-order valence-electron chi connectivity index (χ4n) is 1.85. The number of carbonyl (C=O) groups is 1. The van der Waals surface area contributed by atoms with Crippen molar-refractivity contribution in [3.8, 4) is 0 Å². The van der Waals surface area contributed by atoms with Crippen molar-refractivity contribution in [3.05, 3.63) is 35.6 Å². The standard InChI is InChI=1S/C13H17FN2O2/c14-11-3-1-10(2-4-11)8-16-13(17)7-12-9-18-6-5-15-12/h1-4,12,15H,5-9H2,(H,16,17). The van der Waals surface area contributed by atoms with E-state index in [4.69, 9.17) is 4.74 Å². The normalized spacial score (nSPS) is 19.5. The molecule has 0 bridgehead atoms. The Morgan fingerprint density at radius 1 is 1.44 bits per heavy atom. The number of hydrogen-bond donors (Lipinski definition) is 2. The van der Waals surface area contributed by atoms with Gasteiger partial charge < -0.3 is 15.4 Å². The highest BCUT2D eigenvalue weighted by atomic mass is 19.1. The van der Waals surface area contributed by atoms with Crippen LogP contribution in [0.15, 0.2) is 24.3 Å². The van der Waals surface area contributed by atoms with Crippen molar-refractivity contribution in [2.24, 2.45) is 0 Å². The Hall–Kier alpha value is -1.46. The lowest BCUT2D eigenvalue weighted by Gasteiger charge is -2.23. The molecule has 0 aromatic heterocycles. The summed E-state index contributed by atoms with van der Waals surface area (Å²) in [4.78, 5) is 11.7. The SMILES string of the molecule is O=C(CC1COCCN1)NCc1ccc(F)cc1. The van der Waals surface area contributed by atoms with Gasteiger partial charge in [-0.2, -0.15) is 0 Å². The predicted octanol–water partition coefficient (Wildman–Crippen LogP) is 0.820. The van der Waals surface area contributed by atoms with E-state index in [1.165, 1.54) is 12.1 Å². The first kappa shape index (κ1) is 13.0. The number of amides is 1. The molecule has 1 aliphatic heterocycles. The molecule has 1 fully saturated rings. The minimum absolute atomic E-state index is 0.0256. The number of halogens is 1. The van der Waals surface area contributed by atoms with Gasteiger partial charge in [0.25, 0.3) is 0 Å². The van der Waals surface area contributed by atoms with Gasteiger partial charge in [-0.15, -0.1) is 0 Å². The molecule has 1 amide bonds. The van der Waals surface area contributed by atoms with Gasteiger partial charge in [0, 0.05) is 25.6 Å². The maximum absolute atomic E-state index is 12.7. The first-order valence-corrected chi connectivity index (χ1v) is 6.06. The van der Waals surface area contributed by atoms with Gasteiger partial charge in [-0.1, -0.05) is 12.1 Å². The fourth-order valence-corrected chi connectivity index (χ4v) is 1.85. The van der Waals surface area contributed by atoms with Crippen molar-refractivity contribution in [1.82, 2.24) is 10.6 Å². The fraction of sp³-hybridized carbons (Fsp3) is 0.462. The minimum atomic E-state index is -0.270. The number of rotatable bonds is 4. The van der Waals surface area contributed by atoms with Crippen LogP contribution in [-0.4, -0.2) is 31.7 Å². The monoisotopic (exact) mass is 252 g/mol. The second kappa shape index (κ2) is 6.47. The molecule has 1 heterocycles. The Bertz CT molecular complexity index is 388. The Morgan fingerprint density at radius 2 is 2.22 bits per heavy atom. The number of benzene rings is 1. The second-order valence-electron chi connectivity index (χ2n) is 4.33. The van der Waals surface area contributed by atoms with Crippen molar-refractivity contribution in [2.75, 3.05) is 19.8 Å². The molecule has 1 saturated heterocycles. The molecule has 98 valence electrons. The number of ether oxygens (including phenoxy) is 1. The zero-order valence-electron chi connectivity index (χ0n) is 10.1. The highest BCUT2D eigenvalue weighted by Gasteiger charge is 2.16. The Labute approximate surface area is 106 Å². The first-order chi connectivity index (χ1) is 8.74. The Morgan fingerprint density at radius 3 is 2.89 bits per heavy atom. The highest BCUT2D eigenvalue weighted by Crippen LogP contribution is 2.03. The second-order valence-corrected chi connectivity index (χ2v) is 4.33. The first-order valence-electron chi connectivity index (χ1n) is 6.06. The van der Waals surface area contributed by atoms with Crippen LogP contribution in [-0.2, 0) is 16.1 Å². The molecule has 4 nitrogen and oxygen atoms in total. The average molecular weight is 252 g/mol. The van der Waals surface area contributed by atoms with Gasteiger partial charge >= 0.3 is 0 Å². The molecule has 5 heteroatoms. The lowest BCUT2D eigenvalue weighted by atomic mass is 10.2. The molecule has 0 radical (unpaired) electrons. The molecule has 1 aromatic carbocycles. The molecule has 18 heavy (non-hydrogen) atoms. The van der Waals surface area contributed by atoms with Gasteiger partial charge in [0.1, 0.15) is 5.82 Å². The summed E-state index contributed by atoms with van der Waals surface area (Å²) in [6.07, 6.45) is 0.404. The number of nitrogens with one attached hydrogen (secondary N) is 2. The smallest absolute Gasteiger partial charge is 0.221 e. The van der Waals surface area contributed by atoms with E-state index in [0.717, 1.165) is 12.1 Å². The summed E-state index contributed by atoms with van der Waals surface area (Å²) in [5.74, 6) is -0.295. The van der Waals surface area contributed by atoms with Crippen LogP contribution in [0.1, 0.15) is 12.0 Å². The van der Waals surface area contributed by atoms with E-state index in [0.29, 0.717) is 26.2 Å². The van der Waals surface area contributed by atoms with E-state index >= 15 is 0 Å². The Kier molecular flexibility index (Phi) is 4.66. The van der Waals surface area contributed by atoms with Gasteiger partial charge in [0.15, 0.2) is 0 Å². The van der Waals surface area contributed by atoms with Crippen molar-refractivity contribution < 1.29 is 13.9 Å². The Balaban J connectivity index is 1.72. The zero-order valence-corrected chi connectivity index (χ0v) is 10.1. The van der Waals surface area contributed by atoms with Crippen LogP contribution in [0.4, 0.5) is 4.39 Å². The molecule has 1 atom stereocenters. The summed E-state index contributed by atoms with van der Waals surface area (Å²) >= 11 is 0. The lowest BCUT2D eigenvalue weighted by Crippen LogP contribution is -2.44. The average Bonchev–Trinajstić information content (AvgIpc) is 2.39. The molecule has 1 unspecified atom stereocenters. The molecule has 0 spiro atoms. The lowest BCUT2D eigenvalue weighted by molar-refractivity contribution is -0.122. The van der Waals surface area contributed by atoms with Crippen LogP contribution >= 0.6 is 0 Å². The van der Waals surface area contributed by atoms with Crippen molar-refractivity contribution >= 4 is 5.91 Å².